The Morgan fingerprint density at radius 3 is 2.74 bits per heavy atom. The number of piperidine rings is 1. The Labute approximate surface area is 206 Å². The van der Waals surface area contributed by atoms with Crippen LogP contribution in [0.25, 0.3) is 10.9 Å². The van der Waals surface area contributed by atoms with E-state index in [2.05, 4.69) is 21.9 Å². The van der Waals surface area contributed by atoms with E-state index in [-0.39, 0.29) is 27.7 Å². The number of hydrogen-bond acceptors (Lipinski definition) is 6. The Morgan fingerprint density at radius 2 is 2.03 bits per heavy atom. The van der Waals surface area contributed by atoms with E-state index in [1.165, 1.54) is 24.5 Å². The molecule has 1 fully saturated rings. The number of carbonyl (C=O) groups is 1. The SMILES string of the molecule is C=CC(=O)N1CCC(Oc2cc3c(Nc4ccc(Cl)c(Cl)c4F)ncnc3cc2OCC)CC1. The predicted molar refractivity (Wildman–Crippen MR) is 131 cm³/mol. The van der Waals surface area contributed by atoms with Gasteiger partial charge in [0.1, 0.15) is 18.2 Å². The molecule has 0 atom stereocenters. The van der Waals surface area contributed by atoms with E-state index in [1.54, 1.807) is 17.0 Å². The second kappa shape index (κ2) is 10.4. The number of rotatable bonds is 7. The number of fused-ring (bicyclic) bond motifs is 1. The summed E-state index contributed by atoms with van der Waals surface area (Å²) >= 11 is 11.8. The van der Waals surface area contributed by atoms with Crippen LogP contribution in [0.2, 0.25) is 10.0 Å². The number of aromatic nitrogens is 2. The lowest BCUT2D eigenvalue weighted by molar-refractivity contribution is -0.127. The fourth-order valence-electron chi connectivity index (χ4n) is 3.78. The molecule has 2 heterocycles. The summed E-state index contributed by atoms with van der Waals surface area (Å²) in [6, 6.07) is 6.54. The average Bonchev–Trinajstić information content (AvgIpc) is 2.85. The van der Waals surface area contributed by atoms with E-state index in [1.807, 2.05) is 6.92 Å². The van der Waals surface area contributed by atoms with Crippen LogP contribution in [0.3, 0.4) is 0 Å². The summed E-state index contributed by atoms with van der Waals surface area (Å²) in [7, 11) is 0. The number of benzene rings is 2. The van der Waals surface area contributed by atoms with Crippen molar-refractivity contribution >= 4 is 51.5 Å². The standard InChI is InChI=1S/C24H23Cl2FN4O3/c1-3-21(32)31-9-7-14(8-10-31)34-20-11-15-18(12-19(20)33-4-2)28-13-29-24(15)30-17-6-5-16(25)22(26)23(17)27/h3,5-6,11-14H,1,4,7-10H2,2H3,(H,28,29,30). The molecule has 1 amide bonds. The summed E-state index contributed by atoms with van der Waals surface area (Å²) < 4.78 is 26.7. The van der Waals surface area contributed by atoms with Crippen molar-refractivity contribution in [2.45, 2.75) is 25.9 Å². The summed E-state index contributed by atoms with van der Waals surface area (Å²) in [6.45, 7) is 7.03. The smallest absolute Gasteiger partial charge is 0.245 e. The van der Waals surface area contributed by atoms with Gasteiger partial charge in [-0.25, -0.2) is 14.4 Å². The van der Waals surface area contributed by atoms with Gasteiger partial charge in [-0.3, -0.25) is 4.79 Å². The maximum Gasteiger partial charge on any atom is 0.245 e. The largest absolute Gasteiger partial charge is 0.490 e. The molecule has 2 aromatic carbocycles. The lowest BCUT2D eigenvalue weighted by atomic mass is 10.1. The number of anilines is 2. The van der Waals surface area contributed by atoms with Crippen molar-refractivity contribution in [2.24, 2.45) is 0 Å². The van der Waals surface area contributed by atoms with Crippen molar-refractivity contribution in [1.82, 2.24) is 14.9 Å². The van der Waals surface area contributed by atoms with Gasteiger partial charge in [-0.15, -0.1) is 0 Å². The number of nitrogens with zero attached hydrogens (tertiary/aromatic N) is 3. The molecular weight excluding hydrogens is 482 g/mol. The minimum Gasteiger partial charge on any atom is -0.490 e. The first-order valence-electron chi connectivity index (χ1n) is 10.8. The van der Waals surface area contributed by atoms with Gasteiger partial charge in [0.05, 0.1) is 27.9 Å². The summed E-state index contributed by atoms with van der Waals surface area (Å²) in [6.07, 6.45) is 3.95. The van der Waals surface area contributed by atoms with Gasteiger partial charge < -0.3 is 19.7 Å². The Hall–Kier alpha value is -3.10. The highest BCUT2D eigenvalue weighted by molar-refractivity contribution is 6.42. The van der Waals surface area contributed by atoms with E-state index in [0.717, 1.165) is 0 Å². The Bertz CT molecular complexity index is 1230. The molecule has 1 aliphatic rings. The van der Waals surface area contributed by atoms with E-state index in [0.29, 0.717) is 60.8 Å². The van der Waals surface area contributed by atoms with Crippen LogP contribution in [-0.2, 0) is 4.79 Å². The van der Waals surface area contributed by atoms with Crippen molar-refractivity contribution in [3.63, 3.8) is 0 Å². The molecule has 0 unspecified atom stereocenters. The van der Waals surface area contributed by atoms with Gasteiger partial charge in [-0.1, -0.05) is 29.8 Å². The molecule has 4 rings (SSSR count). The number of likely N-dealkylation sites (tertiary alicyclic amines) is 1. The molecule has 34 heavy (non-hydrogen) atoms. The minimum absolute atomic E-state index is 0.0819. The van der Waals surface area contributed by atoms with E-state index < -0.39 is 5.82 Å². The third-order valence-electron chi connectivity index (χ3n) is 5.51. The van der Waals surface area contributed by atoms with Crippen LogP contribution in [-0.4, -0.2) is 46.6 Å². The monoisotopic (exact) mass is 504 g/mol. The molecule has 3 aromatic rings. The zero-order chi connectivity index (χ0) is 24.2. The molecule has 178 valence electrons. The van der Waals surface area contributed by atoms with Crippen LogP contribution in [0.15, 0.2) is 43.2 Å². The molecule has 1 saturated heterocycles. The molecule has 7 nitrogen and oxygen atoms in total. The third-order valence-corrected chi connectivity index (χ3v) is 6.29. The molecule has 1 aromatic heterocycles. The summed E-state index contributed by atoms with van der Waals surface area (Å²) in [4.78, 5) is 22.2. The zero-order valence-electron chi connectivity index (χ0n) is 18.5. The van der Waals surface area contributed by atoms with Crippen LogP contribution >= 0.6 is 23.2 Å². The molecule has 0 aliphatic carbocycles. The molecular formula is C24H23Cl2FN4O3. The number of hydrogen-bond donors (Lipinski definition) is 1. The highest BCUT2D eigenvalue weighted by atomic mass is 35.5. The van der Waals surface area contributed by atoms with Crippen LogP contribution in [0.5, 0.6) is 11.5 Å². The second-order valence-corrected chi connectivity index (χ2v) is 8.45. The Balaban J connectivity index is 1.64. The van der Waals surface area contributed by atoms with E-state index in [4.69, 9.17) is 32.7 Å². The van der Waals surface area contributed by atoms with Crippen molar-refractivity contribution in [2.75, 3.05) is 25.0 Å². The zero-order valence-corrected chi connectivity index (χ0v) is 20.0. The molecule has 0 bridgehead atoms. The first-order valence-corrected chi connectivity index (χ1v) is 11.6. The fourth-order valence-corrected chi connectivity index (χ4v) is 4.09. The maximum absolute atomic E-state index is 14.6. The first kappa shape index (κ1) is 24.0. The lowest BCUT2D eigenvalue weighted by Crippen LogP contribution is -2.41. The highest BCUT2D eigenvalue weighted by Gasteiger charge is 2.24. The van der Waals surface area contributed by atoms with Crippen molar-refractivity contribution in [3.8, 4) is 11.5 Å². The normalized spacial score (nSPS) is 14.2. The van der Waals surface area contributed by atoms with Gasteiger partial charge in [0.2, 0.25) is 5.91 Å². The number of amides is 1. The van der Waals surface area contributed by atoms with Crippen LogP contribution < -0.4 is 14.8 Å². The van der Waals surface area contributed by atoms with Crippen molar-refractivity contribution < 1.29 is 18.7 Å². The first-order chi connectivity index (χ1) is 16.4. The van der Waals surface area contributed by atoms with E-state index in [9.17, 15) is 9.18 Å². The van der Waals surface area contributed by atoms with Crippen molar-refractivity contribution in [3.05, 3.63) is 59.1 Å². The highest BCUT2D eigenvalue weighted by Crippen LogP contribution is 2.37. The van der Waals surface area contributed by atoms with Gasteiger partial charge in [0.15, 0.2) is 17.3 Å². The Morgan fingerprint density at radius 1 is 1.26 bits per heavy atom. The van der Waals surface area contributed by atoms with Gasteiger partial charge >= 0.3 is 0 Å². The topological polar surface area (TPSA) is 76.6 Å². The molecule has 1 aliphatic heterocycles. The molecule has 0 saturated carbocycles. The summed E-state index contributed by atoms with van der Waals surface area (Å²) in [5.74, 6) is 0.688. The minimum atomic E-state index is -0.677. The molecule has 1 N–H and O–H groups in total. The molecule has 0 radical (unpaired) electrons. The van der Waals surface area contributed by atoms with Crippen LogP contribution in [0, 0.1) is 5.82 Å². The average molecular weight is 505 g/mol. The summed E-state index contributed by atoms with van der Waals surface area (Å²) in [5, 5.41) is 3.54. The molecule has 0 spiro atoms. The summed E-state index contributed by atoms with van der Waals surface area (Å²) in [5.41, 5.74) is 0.727. The molecule has 10 heteroatoms. The third kappa shape index (κ3) is 5.03. The lowest BCUT2D eigenvalue weighted by Gasteiger charge is -2.32. The quantitative estimate of drug-likeness (QED) is 0.325. The fraction of sp³-hybridized carbons (Fsp3) is 0.292. The van der Waals surface area contributed by atoms with Gasteiger partial charge in [-0.2, -0.15) is 0 Å². The number of nitrogens with one attached hydrogen (secondary N) is 1. The van der Waals surface area contributed by atoms with Gasteiger partial charge in [-0.05, 0) is 31.2 Å². The van der Waals surface area contributed by atoms with Gasteiger partial charge in [0.25, 0.3) is 0 Å². The van der Waals surface area contributed by atoms with Gasteiger partial charge in [0, 0.05) is 37.4 Å². The van der Waals surface area contributed by atoms with E-state index >= 15 is 0 Å². The Kier molecular flexibility index (Phi) is 7.38. The predicted octanol–water partition coefficient (Wildman–Crippen LogP) is 5.77. The maximum atomic E-state index is 14.6. The van der Waals surface area contributed by atoms with Crippen LogP contribution in [0.1, 0.15) is 19.8 Å². The number of halogens is 3. The number of ether oxygens (including phenoxy) is 2. The number of carbonyl (C=O) groups excluding carboxylic acids is 1. The van der Waals surface area contributed by atoms with Crippen molar-refractivity contribution in [1.29, 1.82) is 0 Å². The second-order valence-electron chi connectivity index (χ2n) is 7.67. The van der Waals surface area contributed by atoms with Crippen LogP contribution in [0.4, 0.5) is 15.9 Å².